The number of nitrogens with zero attached hydrogens (tertiary/aromatic N) is 1. The number of hydrogen-bond acceptors (Lipinski definition) is 3. The minimum Gasteiger partial charge on any atom is -0.457 e. The number of nitrogens with one attached hydrogen (secondary N) is 1. The first-order valence-electron chi connectivity index (χ1n) is 8.00. The maximum atomic E-state index is 12.1. The number of amides is 1. The van der Waals surface area contributed by atoms with Crippen molar-refractivity contribution in [2.45, 2.75) is 13.5 Å². The van der Waals surface area contributed by atoms with Gasteiger partial charge in [0, 0.05) is 22.4 Å². The molecule has 2 aromatic carbocycles. The fourth-order valence-electron chi connectivity index (χ4n) is 2.33. The standard InChI is InChI=1S/C20H17BrN2O3/c1-14-2-7-17(8-3-14)26-18-9-5-16(6-10-18)22-19(24)13-23-12-15(21)4-11-20(23)25/h2-12H,13H2,1H3,(H,22,24). The van der Waals surface area contributed by atoms with Crippen molar-refractivity contribution in [3.05, 3.63) is 87.3 Å². The summed E-state index contributed by atoms with van der Waals surface area (Å²) in [4.78, 5) is 23.9. The largest absolute Gasteiger partial charge is 0.457 e. The van der Waals surface area contributed by atoms with Crippen LogP contribution in [0.2, 0.25) is 0 Å². The first-order chi connectivity index (χ1) is 12.5. The molecule has 0 unspecified atom stereocenters. The second-order valence-corrected chi connectivity index (χ2v) is 6.72. The van der Waals surface area contributed by atoms with Crippen LogP contribution in [0, 0.1) is 6.92 Å². The molecular formula is C20H17BrN2O3. The number of carbonyl (C=O) groups excluding carboxylic acids is 1. The Labute approximate surface area is 159 Å². The van der Waals surface area contributed by atoms with E-state index < -0.39 is 0 Å². The normalized spacial score (nSPS) is 10.4. The summed E-state index contributed by atoms with van der Waals surface area (Å²) in [6.45, 7) is 1.96. The molecule has 3 rings (SSSR count). The van der Waals surface area contributed by atoms with E-state index >= 15 is 0 Å². The van der Waals surface area contributed by atoms with Gasteiger partial charge in [-0.05, 0) is 65.3 Å². The Hall–Kier alpha value is -2.86. The van der Waals surface area contributed by atoms with E-state index in [0.29, 0.717) is 11.4 Å². The van der Waals surface area contributed by atoms with Gasteiger partial charge in [0.25, 0.3) is 5.56 Å². The van der Waals surface area contributed by atoms with Crippen molar-refractivity contribution in [1.29, 1.82) is 0 Å². The summed E-state index contributed by atoms with van der Waals surface area (Å²) in [5.41, 5.74) is 1.57. The van der Waals surface area contributed by atoms with Crippen LogP contribution >= 0.6 is 15.9 Å². The molecule has 1 heterocycles. The van der Waals surface area contributed by atoms with Crippen molar-refractivity contribution in [2.75, 3.05) is 5.32 Å². The van der Waals surface area contributed by atoms with Crippen molar-refractivity contribution in [3.8, 4) is 11.5 Å². The Morgan fingerprint density at radius 2 is 1.62 bits per heavy atom. The lowest BCUT2D eigenvalue weighted by atomic mass is 10.2. The molecule has 1 aromatic heterocycles. The molecule has 132 valence electrons. The van der Waals surface area contributed by atoms with Gasteiger partial charge in [0.2, 0.25) is 5.91 Å². The third-order valence-electron chi connectivity index (χ3n) is 3.66. The monoisotopic (exact) mass is 412 g/mol. The predicted octanol–water partition coefficient (Wildman–Crippen LogP) is 4.35. The van der Waals surface area contributed by atoms with Gasteiger partial charge in [-0.3, -0.25) is 9.59 Å². The highest BCUT2D eigenvalue weighted by Gasteiger charge is 2.06. The molecule has 0 aliphatic heterocycles. The maximum Gasteiger partial charge on any atom is 0.251 e. The van der Waals surface area contributed by atoms with Crippen molar-refractivity contribution in [1.82, 2.24) is 4.57 Å². The van der Waals surface area contributed by atoms with Crippen LogP contribution in [0.1, 0.15) is 5.56 Å². The van der Waals surface area contributed by atoms with Gasteiger partial charge in [-0.25, -0.2) is 0 Å². The molecule has 0 aliphatic rings. The number of hydrogen-bond donors (Lipinski definition) is 1. The highest BCUT2D eigenvalue weighted by Crippen LogP contribution is 2.23. The highest BCUT2D eigenvalue weighted by atomic mass is 79.9. The van der Waals surface area contributed by atoms with Crippen LogP contribution in [0.25, 0.3) is 0 Å². The fraction of sp³-hybridized carbons (Fsp3) is 0.100. The molecule has 26 heavy (non-hydrogen) atoms. The van der Waals surface area contributed by atoms with E-state index in [1.165, 1.54) is 16.2 Å². The minimum atomic E-state index is -0.280. The second-order valence-electron chi connectivity index (χ2n) is 5.80. The van der Waals surface area contributed by atoms with E-state index in [-0.39, 0.29) is 18.0 Å². The van der Waals surface area contributed by atoms with Crippen LogP contribution in [-0.4, -0.2) is 10.5 Å². The van der Waals surface area contributed by atoms with Gasteiger partial charge in [-0.1, -0.05) is 17.7 Å². The molecule has 0 fully saturated rings. The van der Waals surface area contributed by atoms with E-state index in [4.69, 9.17) is 4.74 Å². The molecule has 0 saturated carbocycles. The Morgan fingerprint density at radius 3 is 2.27 bits per heavy atom. The molecular weight excluding hydrogens is 396 g/mol. The Balaban J connectivity index is 1.61. The van der Waals surface area contributed by atoms with Crippen LogP contribution in [0.4, 0.5) is 5.69 Å². The summed E-state index contributed by atoms with van der Waals surface area (Å²) in [5.74, 6) is 1.15. The third kappa shape index (κ3) is 4.83. The number of pyridine rings is 1. The van der Waals surface area contributed by atoms with Crippen molar-refractivity contribution >= 4 is 27.5 Å². The quantitative estimate of drug-likeness (QED) is 0.677. The lowest BCUT2D eigenvalue weighted by molar-refractivity contribution is -0.116. The number of aryl methyl sites for hydroxylation is 1. The first-order valence-corrected chi connectivity index (χ1v) is 8.79. The van der Waals surface area contributed by atoms with Gasteiger partial charge in [0.05, 0.1) is 0 Å². The smallest absolute Gasteiger partial charge is 0.251 e. The van der Waals surface area contributed by atoms with Gasteiger partial charge in [0.1, 0.15) is 18.0 Å². The zero-order valence-electron chi connectivity index (χ0n) is 14.1. The van der Waals surface area contributed by atoms with Crippen molar-refractivity contribution in [2.24, 2.45) is 0 Å². The summed E-state index contributed by atoms with van der Waals surface area (Å²) >= 11 is 3.29. The van der Waals surface area contributed by atoms with E-state index in [2.05, 4.69) is 21.2 Å². The number of halogens is 1. The predicted molar refractivity (Wildman–Crippen MR) is 105 cm³/mol. The first kappa shape index (κ1) is 17.9. The Kier molecular flexibility index (Phi) is 5.53. The summed E-state index contributed by atoms with van der Waals surface area (Å²) in [7, 11) is 0. The zero-order valence-corrected chi connectivity index (χ0v) is 15.7. The average molecular weight is 413 g/mol. The van der Waals surface area contributed by atoms with Crippen molar-refractivity contribution in [3.63, 3.8) is 0 Å². The second kappa shape index (κ2) is 8.01. The molecule has 6 heteroatoms. The van der Waals surface area contributed by atoms with Crippen LogP contribution in [0.15, 0.2) is 76.1 Å². The summed E-state index contributed by atoms with van der Waals surface area (Å²) < 4.78 is 7.83. The number of benzene rings is 2. The van der Waals surface area contributed by atoms with Gasteiger partial charge in [-0.15, -0.1) is 0 Å². The lowest BCUT2D eigenvalue weighted by Crippen LogP contribution is -2.26. The minimum absolute atomic E-state index is 0.0557. The summed E-state index contributed by atoms with van der Waals surface area (Å²) in [6, 6.07) is 17.9. The van der Waals surface area contributed by atoms with Crippen LogP contribution in [0.3, 0.4) is 0 Å². The van der Waals surface area contributed by atoms with E-state index in [1.807, 2.05) is 31.2 Å². The zero-order chi connectivity index (χ0) is 18.5. The number of ether oxygens (including phenoxy) is 1. The molecule has 0 saturated heterocycles. The van der Waals surface area contributed by atoms with E-state index in [9.17, 15) is 9.59 Å². The van der Waals surface area contributed by atoms with Gasteiger partial charge in [-0.2, -0.15) is 0 Å². The third-order valence-corrected chi connectivity index (χ3v) is 4.13. The molecule has 5 nitrogen and oxygen atoms in total. The number of aromatic nitrogens is 1. The van der Waals surface area contributed by atoms with Gasteiger partial charge >= 0.3 is 0 Å². The molecule has 3 aromatic rings. The Morgan fingerprint density at radius 1 is 1.00 bits per heavy atom. The van der Waals surface area contributed by atoms with Crippen LogP contribution in [0.5, 0.6) is 11.5 Å². The van der Waals surface area contributed by atoms with Crippen molar-refractivity contribution < 1.29 is 9.53 Å². The molecule has 0 bridgehead atoms. The number of rotatable bonds is 5. The average Bonchev–Trinajstić information content (AvgIpc) is 2.62. The number of carbonyl (C=O) groups is 1. The van der Waals surface area contributed by atoms with E-state index in [1.54, 1.807) is 36.5 Å². The number of anilines is 1. The molecule has 0 spiro atoms. The molecule has 0 atom stereocenters. The SMILES string of the molecule is Cc1ccc(Oc2ccc(NC(=O)Cn3cc(Br)ccc3=O)cc2)cc1. The van der Waals surface area contributed by atoms with E-state index in [0.717, 1.165) is 10.2 Å². The molecule has 1 N–H and O–H groups in total. The highest BCUT2D eigenvalue weighted by molar-refractivity contribution is 9.10. The molecule has 1 amide bonds. The van der Waals surface area contributed by atoms with Gasteiger partial charge < -0.3 is 14.6 Å². The summed E-state index contributed by atoms with van der Waals surface area (Å²) in [5, 5.41) is 2.77. The molecule has 0 radical (unpaired) electrons. The topological polar surface area (TPSA) is 60.3 Å². The lowest BCUT2D eigenvalue weighted by Gasteiger charge is -2.09. The summed E-state index contributed by atoms with van der Waals surface area (Å²) in [6.07, 6.45) is 1.58. The van der Waals surface area contributed by atoms with Crippen LogP contribution < -0.4 is 15.6 Å². The fourth-order valence-corrected chi connectivity index (χ4v) is 2.71. The van der Waals surface area contributed by atoms with Gasteiger partial charge in [0.15, 0.2) is 0 Å². The van der Waals surface area contributed by atoms with Crippen LogP contribution in [-0.2, 0) is 11.3 Å². The maximum absolute atomic E-state index is 12.1. The molecule has 0 aliphatic carbocycles. The Bertz CT molecular complexity index is 964.